The number of carbonyl (C=O) groups excluding carboxylic acids is 2. The molecule has 2 fully saturated rings. The van der Waals surface area contributed by atoms with E-state index in [1.54, 1.807) is 24.3 Å². The van der Waals surface area contributed by atoms with Crippen LogP contribution in [0.15, 0.2) is 42.6 Å². The van der Waals surface area contributed by atoms with Crippen LogP contribution in [0.5, 0.6) is 0 Å². The standard InChI is InChI=1S/C25H27ClN4O4/c1-16-21(24(31)27-10-20-15-33-8-9-34-20)6-7-23-22(16)14-30(28-23)13-17-11-29(12-17)25(32)18-2-4-19(26)5-3-18/h2-7,14,17,20H,8-13,15H2,1H3,(H,27,31)/t20-/m0/s1. The average molecular weight is 483 g/mol. The Kier molecular flexibility index (Phi) is 6.54. The van der Waals surface area contributed by atoms with Crippen LogP contribution in [0.3, 0.4) is 0 Å². The smallest absolute Gasteiger partial charge is 0.253 e. The first-order chi connectivity index (χ1) is 16.5. The summed E-state index contributed by atoms with van der Waals surface area (Å²) in [6.07, 6.45) is 1.88. The quantitative estimate of drug-likeness (QED) is 0.584. The normalized spacial score (nSPS) is 18.6. The lowest BCUT2D eigenvalue weighted by atomic mass is 9.99. The van der Waals surface area contributed by atoms with Gasteiger partial charge in [-0.2, -0.15) is 5.10 Å². The minimum Gasteiger partial charge on any atom is -0.376 e. The number of ether oxygens (including phenoxy) is 2. The second-order valence-electron chi connectivity index (χ2n) is 8.88. The average Bonchev–Trinajstić information content (AvgIpc) is 3.24. The number of hydrogen-bond acceptors (Lipinski definition) is 5. The highest BCUT2D eigenvalue weighted by molar-refractivity contribution is 6.30. The van der Waals surface area contributed by atoms with Gasteiger partial charge < -0.3 is 19.7 Å². The van der Waals surface area contributed by atoms with Gasteiger partial charge in [0.05, 0.1) is 31.4 Å². The number of hydrogen-bond donors (Lipinski definition) is 1. The van der Waals surface area contributed by atoms with Gasteiger partial charge in [-0.25, -0.2) is 0 Å². The summed E-state index contributed by atoms with van der Waals surface area (Å²) in [5.74, 6) is 0.234. The molecule has 1 aromatic heterocycles. The van der Waals surface area contributed by atoms with Crippen molar-refractivity contribution < 1.29 is 19.1 Å². The number of amides is 2. The van der Waals surface area contributed by atoms with Gasteiger partial charge >= 0.3 is 0 Å². The second kappa shape index (κ2) is 9.74. The van der Waals surface area contributed by atoms with E-state index in [4.69, 9.17) is 21.1 Å². The van der Waals surface area contributed by atoms with Crippen molar-refractivity contribution in [1.29, 1.82) is 0 Å². The van der Waals surface area contributed by atoms with Crippen molar-refractivity contribution in [3.05, 3.63) is 64.3 Å². The number of nitrogens with one attached hydrogen (secondary N) is 1. The Morgan fingerprint density at radius 1 is 1.15 bits per heavy atom. The van der Waals surface area contributed by atoms with Crippen LogP contribution < -0.4 is 5.32 Å². The molecule has 3 heterocycles. The van der Waals surface area contributed by atoms with E-state index in [-0.39, 0.29) is 17.9 Å². The first-order valence-electron chi connectivity index (χ1n) is 11.5. The van der Waals surface area contributed by atoms with E-state index in [2.05, 4.69) is 10.4 Å². The molecule has 2 saturated heterocycles. The molecule has 3 aromatic rings. The largest absolute Gasteiger partial charge is 0.376 e. The van der Waals surface area contributed by atoms with Gasteiger partial charge in [-0.1, -0.05) is 11.6 Å². The number of likely N-dealkylation sites (tertiary alicyclic amines) is 1. The molecule has 1 N–H and O–H groups in total. The molecule has 2 amide bonds. The predicted molar refractivity (Wildman–Crippen MR) is 128 cm³/mol. The number of fused-ring (bicyclic) bond motifs is 1. The fraction of sp³-hybridized carbons (Fsp3) is 0.400. The Labute approximate surface area is 202 Å². The van der Waals surface area contributed by atoms with Crippen LogP contribution in [0, 0.1) is 12.8 Å². The highest BCUT2D eigenvalue weighted by atomic mass is 35.5. The minimum absolute atomic E-state index is 0.0234. The molecule has 2 aliphatic heterocycles. The van der Waals surface area contributed by atoms with E-state index >= 15 is 0 Å². The Hall–Kier alpha value is -2.94. The summed E-state index contributed by atoms with van der Waals surface area (Å²) >= 11 is 5.91. The third-order valence-corrected chi connectivity index (χ3v) is 6.66. The van der Waals surface area contributed by atoms with E-state index in [0.717, 1.165) is 23.0 Å². The van der Waals surface area contributed by atoms with E-state index < -0.39 is 0 Å². The SMILES string of the molecule is Cc1c(C(=O)NC[C@H]2COCCO2)ccc2nn(CC3CN(C(=O)c4ccc(Cl)cc4)C3)cc12. The number of aromatic nitrogens is 2. The molecule has 2 aliphatic rings. The van der Waals surface area contributed by atoms with Crippen LogP contribution in [-0.2, 0) is 16.0 Å². The molecular formula is C25H27ClN4O4. The van der Waals surface area contributed by atoms with Gasteiger partial charge in [0, 0.05) is 59.8 Å². The Balaban J connectivity index is 1.19. The molecule has 0 spiro atoms. The summed E-state index contributed by atoms with van der Waals surface area (Å²) in [5, 5.41) is 9.21. The van der Waals surface area contributed by atoms with Crippen LogP contribution >= 0.6 is 11.6 Å². The molecule has 0 unspecified atom stereocenters. The fourth-order valence-corrected chi connectivity index (χ4v) is 4.59. The highest BCUT2D eigenvalue weighted by Gasteiger charge is 2.31. The molecule has 34 heavy (non-hydrogen) atoms. The molecular weight excluding hydrogens is 456 g/mol. The van der Waals surface area contributed by atoms with Crippen LogP contribution in [0.2, 0.25) is 5.02 Å². The molecule has 2 aromatic carbocycles. The van der Waals surface area contributed by atoms with Crippen molar-refractivity contribution in [2.45, 2.75) is 19.6 Å². The van der Waals surface area contributed by atoms with Crippen molar-refractivity contribution >= 4 is 34.3 Å². The molecule has 178 valence electrons. The van der Waals surface area contributed by atoms with Crippen LogP contribution in [0.1, 0.15) is 26.3 Å². The summed E-state index contributed by atoms with van der Waals surface area (Å²) < 4.78 is 12.9. The van der Waals surface area contributed by atoms with Crippen molar-refractivity contribution in [3.63, 3.8) is 0 Å². The first-order valence-corrected chi connectivity index (χ1v) is 11.8. The summed E-state index contributed by atoms with van der Waals surface area (Å²) in [6, 6.07) is 10.7. The lowest BCUT2D eigenvalue weighted by Crippen LogP contribution is -2.51. The van der Waals surface area contributed by atoms with Gasteiger partial charge in [0.15, 0.2) is 0 Å². The lowest BCUT2D eigenvalue weighted by Gasteiger charge is -2.39. The van der Waals surface area contributed by atoms with E-state index in [1.165, 1.54) is 0 Å². The zero-order valence-electron chi connectivity index (χ0n) is 19.0. The maximum Gasteiger partial charge on any atom is 0.253 e. The summed E-state index contributed by atoms with van der Waals surface area (Å²) in [4.78, 5) is 27.2. The Bertz CT molecular complexity index is 1200. The topological polar surface area (TPSA) is 85.7 Å². The van der Waals surface area contributed by atoms with Crippen molar-refractivity contribution in [1.82, 2.24) is 20.0 Å². The van der Waals surface area contributed by atoms with E-state index in [9.17, 15) is 9.59 Å². The molecule has 0 bridgehead atoms. The fourth-order valence-electron chi connectivity index (χ4n) is 4.47. The number of nitrogens with zero attached hydrogens (tertiary/aromatic N) is 3. The maximum absolute atomic E-state index is 12.7. The van der Waals surface area contributed by atoms with Gasteiger partial charge in [-0.3, -0.25) is 14.3 Å². The second-order valence-corrected chi connectivity index (χ2v) is 9.32. The molecule has 0 saturated carbocycles. The maximum atomic E-state index is 12.7. The van der Waals surface area contributed by atoms with Gasteiger partial charge in [0.1, 0.15) is 0 Å². The number of carbonyl (C=O) groups is 2. The van der Waals surface area contributed by atoms with E-state index in [1.807, 2.05) is 34.8 Å². The third kappa shape index (κ3) is 4.80. The number of aryl methyl sites for hydroxylation is 1. The summed E-state index contributed by atoms with van der Waals surface area (Å²) in [6.45, 7) is 6.12. The predicted octanol–water partition coefficient (Wildman–Crippen LogP) is 2.92. The molecule has 5 rings (SSSR count). The molecule has 8 nitrogen and oxygen atoms in total. The van der Waals surface area contributed by atoms with Crippen molar-refractivity contribution in [2.75, 3.05) is 39.5 Å². The number of rotatable bonds is 6. The molecule has 1 atom stereocenters. The number of benzene rings is 2. The Morgan fingerprint density at radius 2 is 1.94 bits per heavy atom. The lowest BCUT2D eigenvalue weighted by molar-refractivity contribution is -0.0855. The number of halogens is 1. The monoisotopic (exact) mass is 482 g/mol. The van der Waals surface area contributed by atoms with Gasteiger partial charge in [-0.15, -0.1) is 0 Å². The minimum atomic E-state index is -0.128. The Morgan fingerprint density at radius 3 is 2.68 bits per heavy atom. The van der Waals surface area contributed by atoms with Crippen molar-refractivity contribution in [2.24, 2.45) is 5.92 Å². The van der Waals surface area contributed by atoms with Crippen molar-refractivity contribution in [3.8, 4) is 0 Å². The third-order valence-electron chi connectivity index (χ3n) is 6.41. The van der Waals surface area contributed by atoms with Crippen LogP contribution in [-0.4, -0.2) is 72.1 Å². The summed E-state index contributed by atoms with van der Waals surface area (Å²) in [7, 11) is 0. The molecule has 0 aliphatic carbocycles. The van der Waals surface area contributed by atoms with Gasteiger partial charge in [0.2, 0.25) is 0 Å². The zero-order chi connectivity index (χ0) is 23.7. The van der Waals surface area contributed by atoms with Crippen LogP contribution in [0.4, 0.5) is 0 Å². The van der Waals surface area contributed by atoms with Crippen LogP contribution in [0.25, 0.3) is 10.9 Å². The molecule has 9 heteroatoms. The van der Waals surface area contributed by atoms with Gasteiger partial charge in [0.25, 0.3) is 11.8 Å². The molecule has 0 radical (unpaired) electrons. The van der Waals surface area contributed by atoms with E-state index in [0.29, 0.717) is 61.5 Å². The first kappa shape index (κ1) is 22.8. The highest BCUT2D eigenvalue weighted by Crippen LogP contribution is 2.24. The summed E-state index contributed by atoms with van der Waals surface area (Å²) in [5.41, 5.74) is 3.03. The van der Waals surface area contributed by atoms with Gasteiger partial charge in [-0.05, 0) is 48.9 Å². The zero-order valence-corrected chi connectivity index (χ0v) is 19.8.